The van der Waals surface area contributed by atoms with Crippen LogP contribution in [0.25, 0.3) is 0 Å². The third kappa shape index (κ3) is 30.7. The standard InChI is InChI=1S/C34H63O9P/c1-3-5-7-9-11-12-13-14-15-16-17-18-19-21-23-25-27-40-30-33(31-42-44(38,39)41-29-32(36)28-35)43-34(37)26-24-22-20-10-8-6-4-2/h5,7,11-12,14-15,32-33,35-36H,3-4,6,8-10,13,16-31H2,1-2H3,(H,38,39)/b7-5-,12-11-,15-14-. The largest absolute Gasteiger partial charge is 0.472 e. The van der Waals surface area contributed by atoms with Crippen molar-refractivity contribution in [1.29, 1.82) is 0 Å². The maximum Gasteiger partial charge on any atom is 0.472 e. The monoisotopic (exact) mass is 646 g/mol. The first kappa shape index (κ1) is 42.7. The zero-order chi connectivity index (χ0) is 32.6. The highest BCUT2D eigenvalue weighted by atomic mass is 31.2. The molecule has 3 unspecified atom stereocenters. The minimum absolute atomic E-state index is 0.0407. The van der Waals surface area contributed by atoms with Crippen LogP contribution in [-0.2, 0) is 27.9 Å². The topological polar surface area (TPSA) is 132 Å². The number of aliphatic hydroxyl groups is 2. The van der Waals surface area contributed by atoms with E-state index in [0.717, 1.165) is 70.6 Å². The normalized spacial score (nSPS) is 14.9. The molecule has 44 heavy (non-hydrogen) atoms. The second-order valence-electron chi connectivity index (χ2n) is 11.2. The number of allylic oxidation sites excluding steroid dienone is 6. The molecule has 0 radical (unpaired) electrons. The third-order valence-electron chi connectivity index (χ3n) is 6.84. The number of phosphoric acid groups is 1. The predicted octanol–water partition coefficient (Wildman–Crippen LogP) is 8.13. The van der Waals surface area contributed by atoms with Crippen molar-refractivity contribution >= 4 is 13.8 Å². The van der Waals surface area contributed by atoms with Gasteiger partial charge >= 0.3 is 13.8 Å². The lowest BCUT2D eigenvalue weighted by molar-refractivity contribution is -0.154. The zero-order valence-electron chi connectivity index (χ0n) is 27.6. The van der Waals surface area contributed by atoms with Crippen molar-refractivity contribution in [1.82, 2.24) is 0 Å². The Kier molecular flexibility index (Phi) is 30.7. The molecule has 0 amide bonds. The van der Waals surface area contributed by atoms with Gasteiger partial charge in [-0.15, -0.1) is 0 Å². The number of hydrogen-bond acceptors (Lipinski definition) is 8. The van der Waals surface area contributed by atoms with Crippen LogP contribution in [0.5, 0.6) is 0 Å². The average Bonchev–Trinajstić information content (AvgIpc) is 3.01. The van der Waals surface area contributed by atoms with Crippen molar-refractivity contribution in [2.24, 2.45) is 0 Å². The Morgan fingerprint density at radius 1 is 0.727 bits per heavy atom. The number of phosphoric ester groups is 1. The predicted molar refractivity (Wildman–Crippen MR) is 177 cm³/mol. The SMILES string of the molecule is CC/C=C\C/C=C\C/C=C\CCCCCCCCOCC(COP(=O)(O)OCC(O)CO)OC(=O)CCCCCCCCC. The summed E-state index contributed by atoms with van der Waals surface area (Å²) < 4.78 is 33.0. The fourth-order valence-electron chi connectivity index (χ4n) is 4.25. The van der Waals surface area contributed by atoms with E-state index in [0.29, 0.717) is 6.61 Å². The Morgan fingerprint density at radius 2 is 1.30 bits per heavy atom. The highest BCUT2D eigenvalue weighted by Crippen LogP contribution is 2.43. The molecule has 0 fully saturated rings. The first-order chi connectivity index (χ1) is 21.3. The van der Waals surface area contributed by atoms with Crippen molar-refractivity contribution in [3.05, 3.63) is 36.5 Å². The van der Waals surface area contributed by atoms with Crippen LogP contribution in [0.3, 0.4) is 0 Å². The fraction of sp³-hybridized carbons (Fsp3) is 0.794. The maximum absolute atomic E-state index is 12.4. The van der Waals surface area contributed by atoms with E-state index in [1.54, 1.807) is 0 Å². The smallest absolute Gasteiger partial charge is 0.457 e. The van der Waals surface area contributed by atoms with E-state index in [2.05, 4.69) is 54.8 Å². The molecule has 0 heterocycles. The van der Waals surface area contributed by atoms with Gasteiger partial charge in [0.2, 0.25) is 0 Å². The van der Waals surface area contributed by atoms with Crippen LogP contribution in [0.1, 0.15) is 129 Å². The second-order valence-corrected chi connectivity index (χ2v) is 12.6. The number of ether oxygens (including phenoxy) is 2. The van der Waals surface area contributed by atoms with E-state index in [9.17, 15) is 19.4 Å². The molecular formula is C34H63O9P. The summed E-state index contributed by atoms with van der Waals surface area (Å²) in [5.41, 5.74) is 0. The summed E-state index contributed by atoms with van der Waals surface area (Å²) in [6.45, 7) is 3.30. The van der Waals surface area contributed by atoms with Gasteiger partial charge in [0.1, 0.15) is 12.2 Å². The van der Waals surface area contributed by atoms with Crippen molar-refractivity contribution in [3.63, 3.8) is 0 Å². The van der Waals surface area contributed by atoms with Gasteiger partial charge in [-0.3, -0.25) is 13.8 Å². The van der Waals surface area contributed by atoms with E-state index in [1.807, 2.05) is 0 Å². The van der Waals surface area contributed by atoms with Gasteiger partial charge in [0.15, 0.2) is 0 Å². The summed E-state index contributed by atoms with van der Waals surface area (Å²) in [7, 11) is -4.50. The number of esters is 1. The van der Waals surface area contributed by atoms with Gasteiger partial charge in [0.25, 0.3) is 0 Å². The Bertz CT molecular complexity index is 785. The van der Waals surface area contributed by atoms with Crippen LogP contribution in [0.2, 0.25) is 0 Å². The Balaban J connectivity index is 4.22. The maximum atomic E-state index is 12.4. The highest BCUT2D eigenvalue weighted by molar-refractivity contribution is 7.47. The van der Waals surface area contributed by atoms with Crippen LogP contribution >= 0.6 is 7.82 Å². The molecule has 0 aromatic carbocycles. The number of carbonyl (C=O) groups excluding carboxylic acids is 1. The Labute approximate surface area is 267 Å². The number of rotatable bonds is 32. The second kappa shape index (κ2) is 31.7. The lowest BCUT2D eigenvalue weighted by Gasteiger charge is -2.20. The molecule has 10 heteroatoms. The summed E-state index contributed by atoms with van der Waals surface area (Å²) in [5.74, 6) is -0.397. The first-order valence-corrected chi connectivity index (χ1v) is 18.5. The van der Waals surface area contributed by atoms with Crippen molar-refractivity contribution in [2.75, 3.05) is 33.0 Å². The van der Waals surface area contributed by atoms with Gasteiger partial charge in [-0.2, -0.15) is 0 Å². The van der Waals surface area contributed by atoms with Gasteiger partial charge in [-0.1, -0.05) is 115 Å². The highest BCUT2D eigenvalue weighted by Gasteiger charge is 2.26. The van der Waals surface area contributed by atoms with E-state index >= 15 is 0 Å². The summed E-state index contributed by atoms with van der Waals surface area (Å²) in [6, 6.07) is 0. The summed E-state index contributed by atoms with van der Waals surface area (Å²) in [4.78, 5) is 22.3. The van der Waals surface area contributed by atoms with Gasteiger partial charge in [0, 0.05) is 13.0 Å². The molecule has 0 saturated heterocycles. The van der Waals surface area contributed by atoms with Gasteiger partial charge in [-0.05, 0) is 44.9 Å². The van der Waals surface area contributed by atoms with E-state index in [-0.39, 0.29) is 19.6 Å². The number of hydrogen-bond donors (Lipinski definition) is 3. The summed E-state index contributed by atoms with van der Waals surface area (Å²) in [6.07, 6.45) is 29.8. The molecule has 0 rings (SSSR count). The molecule has 0 aliphatic heterocycles. The van der Waals surface area contributed by atoms with Crippen molar-refractivity contribution in [3.8, 4) is 0 Å². The first-order valence-electron chi connectivity index (χ1n) is 17.0. The van der Waals surface area contributed by atoms with Crippen molar-refractivity contribution < 1.29 is 43.0 Å². The number of carbonyl (C=O) groups is 1. The minimum atomic E-state index is -4.50. The summed E-state index contributed by atoms with van der Waals surface area (Å²) in [5, 5.41) is 18.2. The number of aliphatic hydroxyl groups excluding tert-OH is 2. The van der Waals surface area contributed by atoms with Crippen LogP contribution in [0.4, 0.5) is 0 Å². The Hall–Kier alpha value is -1.32. The number of unbranched alkanes of at least 4 members (excludes halogenated alkanes) is 12. The lowest BCUT2D eigenvalue weighted by atomic mass is 10.1. The van der Waals surface area contributed by atoms with Crippen LogP contribution in [0, 0.1) is 0 Å². The van der Waals surface area contributed by atoms with Crippen LogP contribution < -0.4 is 0 Å². The molecule has 0 spiro atoms. The molecular weight excluding hydrogens is 583 g/mol. The van der Waals surface area contributed by atoms with Crippen molar-refractivity contribution in [2.45, 2.75) is 142 Å². The molecule has 0 saturated carbocycles. The fourth-order valence-corrected chi connectivity index (χ4v) is 5.04. The Morgan fingerprint density at radius 3 is 1.95 bits per heavy atom. The average molecular weight is 647 g/mol. The molecule has 3 N–H and O–H groups in total. The quantitative estimate of drug-likeness (QED) is 0.0287. The van der Waals surface area contributed by atoms with E-state index in [4.69, 9.17) is 19.1 Å². The summed E-state index contributed by atoms with van der Waals surface area (Å²) >= 11 is 0. The molecule has 9 nitrogen and oxygen atoms in total. The molecule has 0 aromatic rings. The van der Waals surface area contributed by atoms with E-state index < -0.39 is 39.2 Å². The van der Waals surface area contributed by atoms with E-state index in [1.165, 1.54) is 38.5 Å². The molecule has 258 valence electrons. The zero-order valence-corrected chi connectivity index (χ0v) is 28.5. The van der Waals surface area contributed by atoms with Gasteiger partial charge < -0.3 is 24.6 Å². The van der Waals surface area contributed by atoms with Crippen LogP contribution in [0.15, 0.2) is 36.5 Å². The van der Waals surface area contributed by atoms with Gasteiger partial charge in [-0.25, -0.2) is 4.57 Å². The molecule has 0 bridgehead atoms. The minimum Gasteiger partial charge on any atom is -0.457 e. The third-order valence-corrected chi connectivity index (χ3v) is 7.79. The molecule has 3 atom stereocenters. The van der Waals surface area contributed by atoms with Gasteiger partial charge in [0.05, 0.1) is 26.4 Å². The molecule has 0 aliphatic carbocycles. The van der Waals surface area contributed by atoms with Crippen LogP contribution in [-0.4, -0.2) is 66.3 Å². The molecule has 0 aliphatic rings. The lowest BCUT2D eigenvalue weighted by Crippen LogP contribution is -2.29. The molecule has 0 aromatic heterocycles.